The Labute approximate surface area is 94.3 Å². The van der Waals surface area contributed by atoms with Crippen molar-refractivity contribution in [3.63, 3.8) is 0 Å². The quantitative estimate of drug-likeness (QED) is 0.826. The zero-order valence-corrected chi connectivity index (χ0v) is 9.25. The summed E-state index contributed by atoms with van der Waals surface area (Å²) in [4.78, 5) is 0. The van der Waals surface area contributed by atoms with E-state index < -0.39 is 0 Å². The van der Waals surface area contributed by atoms with Gasteiger partial charge >= 0.3 is 0 Å². The monoisotopic (exact) mass is 224 g/mol. The molecule has 3 nitrogen and oxygen atoms in total. The molecule has 0 saturated heterocycles. The Hall–Kier alpha value is -1.24. The normalized spacial score (nSPS) is 11.9. The lowest BCUT2D eigenvalue weighted by atomic mass is 10.2. The summed E-state index contributed by atoms with van der Waals surface area (Å²) in [5.74, 6) is 0. The Morgan fingerprint density at radius 3 is 2.93 bits per heavy atom. The first-order chi connectivity index (χ1) is 7.15. The van der Waals surface area contributed by atoms with Gasteiger partial charge in [0, 0.05) is 6.54 Å². The van der Waals surface area contributed by atoms with Gasteiger partial charge in [-0.1, -0.05) is 17.7 Å². The van der Waals surface area contributed by atoms with E-state index >= 15 is 0 Å². The van der Waals surface area contributed by atoms with Crippen LogP contribution in [0, 0.1) is 11.3 Å². The van der Waals surface area contributed by atoms with Crippen LogP contribution in [0.2, 0.25) is 5.02 Å². The zero-order chi connectivity index (χ0) is 11.3. The van der Waals surface area contributed by atoms with E-state index in [1.807, 2.05) is 6.07 Å². The lowest BCUT2D eigenvalue weighted by Gasteiger charge is -2.09. The van der Waals surface area contributed by atoms with E-state index in [0.717, 1.165) is 0 Å². The van der Waals surface area contributed by atoms with Gasteiger partial charge in [0.25, 0.3) is 0 Å². The number of rotatable bonds is 4. The SMILES string of the molecule is CC(O)CCNc1cccc(Cl)c1C#N. The summed E-state index contributed by atoms with van der Waals surface area (Å²) in [5.41, 5.74) is 1.16. The van der Waals surface area contributed by atoms with E-state index in [2.05, 4.69) is 5.32 Å². The molecule has 2 N–H and O–H groups in total. The molecule has 4 heteroatoms. The molecule has 1 unspecified atom stereocenters. The Balaban J connectivity index is 2.69. The number of nitrogens with zero attached hydrogens (tertiary/aromatic N) is 1. The van der Waals surface area contributed by atoms with E-state index in [0.29, 0.717) is 29.2 Å². The Morgan fingerprint density at radius 1 is 1.60 bits per heavy atom. The van der Waals surface area contributed by atoms with Gasteiger partial charge in [-0.2, -0.15) is 5.26 Å². The molecule has 80 valence electrons. The van der Waals surface area contributed by atoms with Crippen LogP contribution in [0.25, 0.3) is 0 Å². The van der Waals surface area contributed by atoms with Crippen molar-refractivity contribution in [1.82, 2.24) is 0 Å². The minimum absolute atomic E-state index is 0.345. The van der Waals surface area contributed by atoms with Gasteiger partial charge < -0.3 is 10.4 Å². The third kappa shape index (κ3) is 3.43. The highest BCUT2D eigenvalue weighted by molar-refractivity contribution is 6.32. The molecule has 0 aliphatic rings. The Morgan fingerprint density at radius 2 is 2.33 bits per heavy atom. The fourth-order valence-corrected chi connectivity index (χ4v) is 1.42. The van der Waals surface area contributed by atoms with Crippen LogP contribution in [0.5, 0.6) is 0 Å². The van der Waals surface area contributed by atoms with Gasteiger partial charge in [0.2, 0.25) is 0 Å². The second kappa shape index (κ2) is 5.59. The minimum Gasteiger partial charge on any atom is -0.393 e. The van der Waals surface area contributed by atoms with Crippen LogP contribution in [-0.4, -0.2) is 17.8 Å². The fraction of sp³-hybridized carbons (Fsp3) is 0.364. The zero-order valence-electron chi connectivity index (χ0n) is 8.50. The fourth-order valence-electron chi connectivity index (χ4n) is 1.20. The largest absolute Gasteiger partial charge is 0.393 e. The van der Waals surface area contributed by atoms with Gasteiger partial charge in [-0.05, 0) is 25.5 Å². The van der Waals surface area contributed by atoms with Crippen LogP contribution in [0.4, 0.5) is 5.69 Å². The van der Waals surface area contributed by atoms with Crippen LogP contribution in [-0.2, 0) is 0 Å². The van der Waals surface area contributed by atoms with E-state index in [1.165, 1.54) is 0 Å². The van der Waals surface area contributed by atoms with Crippen LogP contribution >= 0.6 is 11.6 Å². The summed E-state index contributed by atoms with van der Waals surface area (Å²) in [7, 11) is 0. The molecular weight excluding hydrogens is 212 g/mol. The highest BCUT2D eigenvalue weighted by atomic mass is 35.5. The number of anilines is 1. The van der Waals surface area contributed by atoms with E-state index in [9.17, 15) is 0 Å². The van der Waals surface area contributed by atoms with E-state index in [1.54, 1.807) is 25.1 Å². The second-order valence-electron chi connectivity index (χ2n) is 3.34. The van der Waals surface area contributed by atoms with Gasteiger partial charge in [-0.25, -0.2) is 0 Å². The van der Waals surface area contributed by atoms with Crippen molar-refractivity contribution in [3.8, 4) is 6.07 Å². The number of aliphatic hydroxyl groups excluding tert-OH is 1. The highest BCUT2D eigenvalue weighted by Gasteiger charge is 2.05. The standard InChI is InChI=1S/C11H13ClN2O/c1-8(15)5-6-14-11-4-2-3-10(12)9(11)7-13/h2-4,8,14-15H,5-6H2,1H3. The molecule has 1 atom stereocenters. The maximum absolute atomic E-state index is 9.08. The molecule has 0 fully saturated rings. The molecule has 0 aromatic heterocycles. The lowest BCUT2D eigenvalue weighted by Crippen LogP contribution is -2.10. The van der Waals surface area contributed by atoms with Gasteiger partial charge in [0.05, 0.1) is 22.4 Å². The molecule has 1 aromatic rings. The number of aliphatic hydroxyl groups is 1. The molecule has 1 rings (SSSR count). The van der Waals surface area contributed by atoms with Gasteiger partial charge in [0.1, 0.15) is 6.07 Å². The summed E-state index contributed by atoms with van der Waals surface area (Å²) in [6.07, 6.45) is 0.291. The highest BCUT2D eigenvalue weighted by Crippen LogP contribution is 2.23. The lowest BCUT2D eigenvalue weighted by molar-refractivity contribution is 0.189. The average Bonchev–Trinajstić information content (AvgIpc) is 2.17. The molecule has 0 aliphatic heterocycles. The van der Waals surface area contributed by atoms with Crippen molar-refractivity contribution in [2.75, 3.05) is 11.9 Å². The number of nitrogens with one attached hydrogen (secondary N) is 1. The van der Waals surface area contributed by atoms with Crippen LogP contribution < -0.4 is 5.32 Å². The van der Waals surface area contributed by atoms with Crippen molar-refractivity contribution in [2.24, 2.45) is 0 Å². The first-order valence-corrected chi connectivity index (χ1v) is 5.13. The average molecular weight is 225 g/mol. The number of hydrogen-bond acceptors (Lipinski definition) is 3. The van der Waals surface area contributed by atoms with Crippen molar-refractivity contribution in [3.05, 3.63) is 28.8 Å². The number of nitriles is 1. The molecular formula is C11H13ClN2O. The summed E-state index contributed by atoms with van der Waals surface area (Å²) in [6.45, 7) is 2.34. The number of hydrogen-bond donors (Lipinski definition) is 2. The number of benzene rings is 1. The molecule has 15 heavy (non-hydrogen) atoms. The molecule has 0 amide bonds. The molecule has 0 spiro atoms. The smallest absolute Gasteiger partial charge is 0.103 e. The molecule has 0 aliphatic carbocycles. The third-order valence-corrected chi connectivity index (χ3v) is 2.32. The van der Waals surface area contributed by atoms with Crippen LogP contribution in [0.1, 0.15) is 18.9 Å². The summed E-state index contributed by atoms with van der Waals surface area (Å²) in [5, 5.41) is 21.5. The first kappa shape index (κ1) is 11.8. The molecule has 0 bridgehead atoms. The third-order valence-electron chi connectivity index (χ3n) is 2.00. The second-order valence-corrected chi connectivity index (χ2v) is 3.75. The Kier molecular flexibility index (Phi) is 4.41. The van der Waals surface area contributed by atoms with Crippen molar-refractivity contribution >= 4 is 17.3 Å². The van der Waals surface area contributed by atoms with E-state index in [4.69, 9.17) is 22.0 Å². The van der Waals surface area contributed by atoms with Crippen LogP contribution in [0.3, 0.4) is 0 Å². The van der Waals surface area contributed by atoms with E-state index in [-0.39, 0.29) is 6.10 Å². The predicted octanol–water partition coefficient (Wildman–Crippen LogP) is 2.39. The van der Waals surface area contributed by atoms with Gasteiger partial charge in [0.15, 0.2) is 0 Å². The number of halogens is 1. The Bertz CT molecular complexity index is 371. The molecule has 0 heterocycles. The van der Waals surface area contributed by atoms with Crippen molar-refractivity contribution < 1.29 is 5.11 Å². The maximum atomic E-state index is 9.08. The summed E-state index contributed by atoms with van der Waals surface area (Å²) < 4.78 is 0. The van der Waals surface area contributed by atoms with Crippen molar-refractivity contribution in [1.29, 1.82) is 5.26 Å². The maximum Gasteiger partial charge on any atom is 0.103 e. The first-order valence-electron chi connectivity index (χ1n) is 4.75. The van der Waals surface area contributed by atoms with Gasteiger partial charge in [-0.15, -0.1) is 0 Å². The molecule has 0 radical (unpaired) electrons. The summed E-state index contributed by atoms with van der Waals surface area (Å²) in [6, 6.07) is 7.31. The predicted molar refractivity (Wildman–Crippen MR) is 61.0 cm³/mol. The molecule has 1 aromatic carbocycles. The molecule has 0 saturated carbocycles. The van der Waals surface area contributed by atoms with Crippen molar-refractivity contribution in [2.45, 2.75) is 19.4 Å². The minimum atomic E-state index is -0.345. The summed E-state index contributed by atoms with van der Waals surface area (Å²) >= 11 is 5.86. The van der Waals surface area contributed by atoms with Crippen LogP contribution in [0.15, 0.2) is 18.2 Å². The topological polar surface area (TPSA) is 56.0 Å². The van der Waals surface area contributed by atoms with Gasteiger partial charge in [-0.3, -0.25) is 0 Å².